The van der Waals surface area contributed by atoms with Crippen LogP contribution in [0.15, 0.2) is 0 Å². The van der Waals surface area contributed by atoms with Crippen molar-refractivity contribution in [3.8, 4) is 0 Å². The van der Waals surface area contributed by atoms with Crippen LogP contribution in [0.3, 0.4) is 0 Å². The monoisotopic (exact) mass is 199 g/mol. The van der Waals surface area contributed by atoms with E-state index in [1.54, 1.807) is 0 Å². The van der Waals surface area contributed by atoms with E-state index in [1.165, 1.54) is 45.1 Å². The van der Waals surface area contributed by atoms with E-state index in [2.05, 4.69) is 4.90 Å². The molecular weight excluding hydrogens is 182 g/mol. The molecule has 2 unspecified atom stereocenters. The molecule has 0 aromatic carbocycles. The van der Waals surface area contributed by atoms with Gasteiger partial charge in [-0.1, -0.05) is 0 Å². The molecule has 2 heterocycles. The Morgan fingerprint density at radius 3 is 2.15 bits per heavy atom. The molecule has 74 valence electrons. The maximum absolute atomic E-state index is 6.24. The lowest BCUT2D eigenvalue weighted by Gasteiger charge is -2.37. The topological polar surface area (TPSA) is 3.24 Å². The molecule has 0 N–H and O–H groups in total. The van der Waals surface area contributed by atoms with E-state index >= 15 is 0 Å². The van der Waals surface area contributed by atoms with E-state index < -0.39 is 0 Å². The summed E-state index contributed by atoms with van der Waals surface area (Å²) in [5, 5.41) is 0.480. The Morgan fingerprint density at radius 1 is 1.00 bits per heavy atom. The lowest BCUT2D eigenvalue weighted by molar-refractivity contribution is 0.136. The fourth-order valence-electron chi connectivity index (χ4n) is 3.10. The number of rotatable bonds is 2. The summed E-state index contributed by atoms with van der Waals surface area (Å²) in [7, 11) is 0. The third-order valence-electron chi connectivity index (χ3n) is 3.99. The Labute approximate surface area is 85.4 Å². The van der Waals surface area contributed by atoms with Crippen molar-refractivity contribution >= 4 is 11.6 Å². The first-order valence-corrected chi connectivity index (χ1v) is 6.16. The zero-order chi connectivity index (χ0) is 8.84. The van der Waals surface area contributed by atoms with Gasteiger partial charge in [0.1, 0.15) is 0 Å². The number of hydrogen-bond acceptors (Lipinski definition) is 1. The van der Waals surface area contributed by atoms with Gasteiger partial charge < -0.3 is 0 Å². The molecule has 0 aromatic rings. The number of halogens is 1. The van der Waals surface area contributed by atoms with Gasteiger partial charge in [0.25, 0.3) is 0 Å². The summed E-state index contributed by atoms with van der Waals surface area (Å²) in [6.45, 7) is 1.39. The number of nitrogens with zero attached hydrogens (tertiary/aromatic N) is 1. The summed E-state index contributed by atoms with van der Waals surface area (Å²) in [5.74, 6) is 1.05. The molecular formula is C11H18ClN. The van der Waals surface area contributed by atoms with Crippen LogP contribution in [0.25, 0.3) is 0 Å². The zero-order valence-electron chi connectivity index (χ0n) is 8.08. The largest absolute Gasteiger partial charge is 0.297 e. The highest BCUT2D eigenvalue weighted by molar-refractivity contribution is 6.20. The maximum atomic E-state index is 6.24. The number of alkyl halides is 1. The lowest BCUT2D eigenvalue weighted by Crippen LogP contribution is -2.44. The second kappa shape index (κ2) is 3.13. The molecule has 0 radical (unpaired) electrons. The first-order chi connectivity index (χ1) is 6.33. The fraction of sp³-hybridized carbons (Fsp3) is 1.00. The van der Waals surface area contributed by atoms with E-state index in [1.807, 2.05) is 0 Å². The standard InChI is InChI=1S/C11H18ClN/c12-9-5-10-3-4-11(6-9)13(10)7-8-1-2-8/h8-11H,1-7H2. The Balaban J connectivity index is 1.67. The van der Waals surface area contributed by atoms with Crippen LogP contribution in [0, 0.1) is 5.92 Å². The molecule has 3 fully saturated rings. The quantitative estimate of drug-likeness (QED) is 0.619. The van der Waals surface area contributed by atoms with Crippen LogP contribution in [0.4, 0.5) is 0 Å². The molecule has 2 bridgehead atoms. The zero-order valence-corrected chi connectivity index (χ0v) is 8.84. The second-order valence-electron chi connectivity index (χ2n) is 5.09. The third-order valence-corrected chi connectivity index (χ3v) is 4.35. The molecule has 1 saturated carbocycles. The summed E-state index contributed by atoms with van der Waals surface area (Å²) in [6, 6.07) is 1.70. The number of hydrogen-bond donors (Lipinski definition) is 0. The SMILES string of the molecule is ClC1CC2CCC(C1)N2CC1CC1. The lowest BCUT2D eigenvalue weighted by atomic mass is 10.0. The van der Waals surface area contributed by atoms with Gasteiger partial charge in [0.05, 0.1) is 0 Å². The van der Waals surface area contributed by atoms with Crippen LogP contribution in [0.2, 0.25) is 0 Å². The van der Waals surface area contributed by atoms with Crippen LogP contribution in [-0.4, -0.2) is 28.9 Å². The van der Waals surface area contributed by atoms with Gasteiger partial charge >= 0.3 is 0 Å². The van der Waals surface area contributed by atoms with Crippen molar-refractivity contribution in [2.45, 2.75) is 56.0 Å². The molecule has 2 aliphatic heterocycles. The Bertz CT molecular complexity index is 188. The van der Waals surface area contributed by atoms with Crippen molar-refractivity contribution in [1.82, 2.24) is 4.90 Å². The van der Waals surface area contributed by atoms with Crippen LogP contribution >= 0.6 is 11.6 Å². The molecule has 2 heteroatoms. The minimum absolute atomic E-state index is 0.480. The van der Waals surface area contributed by atoms with Crippen molar-refractivity contribution in [3.63, 3.8) is 0 Å². The van der Waals surface area contributed by atoms with Crippen molar-refractivity contribution in [2.24, 2.45) is 5.92 Å². The highest BCUT2D eigenvalue weighted by Crippen LogP contribution is 2.41. The molecule has 2 atom stereocenters. The van der Waals surface area contributed by atoms with Gasteiger partial charge in [-0.3, -0.25) is 4.90 Å². The molecule has 13 heavy (non-hydrogen) atoms. The average Bonchev–Trinajstić information content (AvgIpc) is 2.83. The first-order valence-electron chi connectivity index (χ1n) is 5.73. The summed E-state index contributed by atoms with van der Waals surface area (Å²) >= 11 is 6.24. The Hall–Kier alpha value is 0.250. The van der Waals surface area contributed by atoms with Crippen molar-refractivity contribution in [1.29, 1.82) is 0 Å². The van der Waals surface area contributed by atoms with Crippen molar-refractivity contribution < 1.29 is 0 Å². The first kappa shape index (κ1) is 8.55. The average molecular weight is 200 g/mol. The summed E-state index contributed by atoms with van der Waals surface area (Å²) in [4.78, 5) is 2.77. The summed E-state index contributed by atoms with van der Waals surface area (Å²) in [6.07, 6.45) is 8.32. The smallest absolute Gasteiger partial charge is 0.0365 e. The Kier molecular flexibility index (Phi) is 2.06. The molecule has 1 nitrogen and oxygen atoms in total. The van der Waals surface area contributed by atoms with E-state index in [-0.39, 0.29) is 0 Å². The van der Waals surface area contributed by atoms with Gasteiger partial charge in [0.15, 0.2) is 0 Å². The third kappa shape index (κ3) is 1.61. The van der Waals surface area contributed by atoms with Crippen molar-refractivity contribution in [2.75, 3.05) is 6.54 Å². The summed E-state index contributed by atoms with van der Waals surface area (Å²) < 4.78 is 0. The van der Waals surface area contributed by atoms with E-state index in [9.17, 15) is 0 Å². The highest BCUT2D eigenvalue weighted by atomic mass is 35.5. The summed E-state index contributed by atoms with van der Waals surface area (Å²) in [5.41, 5.74) is 0. The Morgan fingerprint density at radius 2 is 1.62 bits per heavy atom. The minimum Gasteiger partial charge on any atom is -0.297 e. The maximum Gasteiger partial charge on any atom is 0.0365 e. The van der Waals surface area contributed by atoms with Crippen LogP contribution in [0.5, 0.6) is 0 Å². The van der Waals surface area contributed by atoms with Crippen molar-refractivity contribution in [3.05, 3.63) is 0 Å². The molecule has 3 aliphatic rings. The molecule has 0 aromatic heterocycles. The van der Waals surface area contributed by atoms with Gasteiger partial charge in [-0.25, -0.2) is 0 Å². The predicted octanol–water partition coefficient (Wildman–Crippen LogP) is 2.63. The van der Waals surface area contributed by atoms with Crippen LogP contribution < -0.4 is 0 Å². The second-order valence-corrected chi connectivity index (χ2v) is 5.71. The fourth-order valence-corrected chi connectivity index (χ4v) is 3.52. The molecule has 2 saturated heterocycles. The normalized spacial score (nSPS) is 45.5. The van der Waals surface area contributed by atoms with Gasteiger partial charge in [0, 0.05) is 24.0 Å². The minimum atomic E-state index is 0.480. The molecule has 0 spiro atoms. The molecule has 0 amide bonds. The van der Waals surface area contributed by atoms with E-state index in [4.69, 9.17) is 11.6 Å². The van der Waals surface area contributed by atoms with Gasteiger partial charge in [-0.05, 0) is 44.4 Å². The van der Waals surface area contributed by atoms with Gasteiger partial charge in [0.2, 0.25) is 0 Å². The van der Waals surface area contributed by atoms with Crippen LogP contribution in [-0.2, 0) is 0 Å². The van der Waals surface area contributed by atoms with Crippen LogP contribution in [0.1, 0.15) is 38.5 Å². The number of fused-ring (bicyclic) bond motifs is 2. The highest BCUT2D eigenvalue weighted by Gasteiger charge is 2.41. The van der Waals surface area contributed by atoms with E-state index in [0.717, 1.165) is 18.0 Å². The molecule has 1 aliphatic carbocycles. The van der Waals surface area contributed by atoms with Gasteiger partial charge in [-0.2, -0.15) is 0 Å². The number of piperidine rings is 1. The predicted molar refractivity (Wildman–Crippen MR) is 55.1 cm³/mol. The van der Waals surface area contributed by atoms with Gasteiger partial charge in [-0.15, -0.1) is 11.6 Å². The molecule has 3 rings (SSSR count). The van der Waals surface area contributed by atoms with E-state index in [0.29, 0.717) is 5.38 Å².